The maximum Gasteiger partial charge on any atom is 0.276 e. The molecule has 29 heavy (non-hydrogen) atoms. The highest BCUT2D eigenvalue weighted by Gasteiger charge is 2.36. The fourth-order valence-electron chi connectivity index (χ4n) is 4.11. The lowest BCUT2D eigenvalue weighted by atomic mass is 10.1. The third-order valence-corrected chi connectivity index (χ3v) is 5.93. The first-order valence-electron chi connectivity index (χ1n) is 10.1. The lowest BCUT2D eigenvalue weighted by molar-refractivity contribution is 0.0713. The second kappa shape index (κ2) is 7.93. The van der Waals surface area contributed by atoms with Crippen LogP contribution in [0.25, 0.3) is 0 Å². The second-order valence-electron chi connectivity index (χ2n) is 8.07. The molecular weight excluding hydrogens is 373 g/mol. The number of aromatic nitrogens is 3. The number of rotatable bonds is 4. The number of benzene rings is 1. The van der Waals surface area contributed by atoms with Crippen molar-refractivity contribution in [2.75, 3.05) is 19.6 Å². The summed E-state index contributed by atoms with van der Waals surface area (Å²) in [7, 11) is 0. The highest BCUT2D eigenvalue weighted by atomic mass is 19.1. The van der Waals surface area contributed by atoms with E-state index in [0.717, 1.165) is 37.1 Å². The number of carbonyl (C=O) groups is 2. The van der Waals surface area contributed by atoms with Crippen LogP contribution < -0.4 is 0 Å². The normalized spacial score (nSPS) is 21.8. The second-order valence-corrected chi connectivity index (χ2v) is 8.07. The highest BCUT2D eigenvalue weighted by molar-refractivity contribution is 5.95. The van der Waals surface area contributed by atoms with E-state index in [1.54, 1.807) is 26.7 Å². The van der Waals surface area contributed by atoms with Crippen molar-refractivity contribution in [3.8, 4) is 0 Å². The Kier molecular flexibility index (Phi) is 5.34. The first-order chi connectivity index (χ1) is 13.9. The molecule has 2 amide bonds. The minimum atomic E-state index is -1.07. The number of likely N-dealkylation sites (tertiary alicyclic amines) is 2. The minimum Gasteiger partial charge on any atom is -0.337 e. The monoisotopic (exact) mass is 399 g/mol. The van der Waals surface area contributed by atoms with Crippen LogP contribution in [0.4, 0.5) is 4.39 Å². The molecule has 0 spiro atoms. The van der Waals surface area contributed by atoms with E-state index < -0.39 is 6.17 Å². The quantitative estimate of drug-likeness (QED) is 0.792. The van der Waals surface area contributed by atoms with Gasteiger partial charge in [0.05, 0.1) is 25.3 Å². The van der Waals surface area contributed by atoms with Crippen LogP contribution in [0.15, 0.2) is 24.4 Å². The predicted octanol–water partition coefficient (Wildman–Crippen LogP) is 2.38. The molecular formula is C21H26FN5O2. The summed E-state index contributed by atoms with van der Waals surface area (Å²) in [5.74, 6) is -0.293. The van der Waals surface area contributed by atoms with E-state index in [1.165, 1.54) is 0 Å². The third-order valence-electron chi connectivity index (χ3n) is 5.93. The van der Waals surface area contributed by atoms with Crippen LogP contribution in [0.3, 0.4) is 0 Å². The van der Waals surface area contributed by atoms with Gasteiger partial charge in [-0.25, -0.2) is 9.07 Å². The molecule has 2 aliphatic rings. The van der Waals surface area contributed by atoms with Crippen LogP contribution in [-0.4, -0.2) is 68.5 Å². The zero-order valence-corrected chi connectivity index (χ0v) is 16.8. The topological polar surface area (TPSA) is 71.3 Å². The molecule has 0 bridgehead atoms. The Hall–Kier alpha value is -2.77. The SMILES string of the molecule is Cc1ccc(C(=O)N2CC(F)CC2Cn2cc(C(=O)N3CCCC3)nn2)cc1C. The van der Waals surface area contributed by atoms with Crippen molar-refractivity contribution >= 4 is 11.8 Å². The van der Waals surface area contributed by atoms with E-state index in [2.05, 4.69) is 10.3 Å². The molecule has 2 saturated heterocycles. The molecule has 0 saturated carbocycles. The van der Waals surface area contributed by atoms with E-state index in [0.29, 0.717) is 17.8 Å². The number of alkyl halides is 1. The zero-order valence-electron chi connectivity index (χ0n) is 16.8. The molecule has 0 aliphatic carbocycles. The Morgan fingerprint density at radius 3 is 2.62 bits per heavy atom. The van der Waals surface area contributed by atoms with Crippen molar-refractivity contribution in [2.24, 2.45) is 0 Å². The van der Waals surface area contributed by atoms with Crippen LogP contribution in [0.1, 0.15) is 51.2 Å². The van der Waals surface area contributed by atoms with Crippen LogP contribution in [0.5, 0.6) is 0 Å². The molecule has 3 heterocycles. The summed E-state index contributed by atoms with van der Waals surface area (Å²) in [5, 5.41) is 8.04. The standard InChI is InChI=1S/C21H26FN5O2/c1-14-5-6-16(9-15(14)2)20(28)27-11-17(22)10-18(27)12-26-13-19(23-24-26)21(29)25-7-3-4-8-25/h5-6,9,13,17-18H,3-4,7-8,10-12H2,1-2H3. The lowest BCUT2D eigenvalue weighted by Gasteiger charge is -2.24. The third kappa shape index (κ3) is 4.02. The summed E-state index contributed by atoms with van der Waals surface area (Å²) in [6.07, 6.45) is 2.81. The molecule has 1 aromatic heterocycles. The Morgan fingerprint density at radius 1 is 1.14 bits per heavy atom. The average molecular weight is 399 g/mol. The van der Waals surface area contributed by atoms with E-state index in [4.69, 9.17) is 0 Å². The number of hydrogen-bond donors (Lipinski definition) is 0. The van der Waals surface area contributed by atoms with E-state index in [9.17, 15) is 14.0 Å². The summed E-state index contributed by atoms with van der Waals surface area (Å²) in [6, 6.07) is 5.22. The number of hydrogen-bond acceptors (Lipinski definition) is 4. The Labute approximate surface area is 169 Å². The Bertz CT molecular complexity index is 922. The number of halogens is 1. The summed E-state index contributed by atoms with van der Waals surface area (Å²) < 4.78 is 15.7. The minimum absolute atomic E-state index is 0.0741. The molecule has 1 aromatic carbocycles. The maximum atomic E-state index is 14.2. The molecule has 2 aliphatic heterocycles. The first-order valence-corrected chi connectivity index (χ1v) is 10.1. The van der Waals surface area contributed by atoms with Gasteiger partial charge in [0.15, 0.2) is 5.69 Å². The Balaban J connectivity index is 1.48. The molecule has 2 fully saturated rings. The molecule has 154 valence electrons. The molecule has 0 radical (unpaired) electrons. The fraction of sp³-hybridized carbons (Fsp3) is 0.524. The molecule has 8 heteroatoms. The van der Waals surface area contributed by atoms with Crippen molar-refractivity contribution in [1.82, 2.24) is 24.8 Å². The van der Waals surface area contributed by atoms with Crippen LogP contribution in [0.2, 0.25) is 0 Å². The van der Waals surface area contributed by atoms with Crippen molar-refractivity contribution in [3.05, 3.63) is 46.8 Å². The highest BCUT2D eigenvalue weighted by Crippen LogP contribution is 2.25. The molecule has 2 unspecified atom stereocenters. The van der Waals surface area contributed by atoms with Crippen molar-refractivity contribution in [2.45, 2.75) is 51.9 Å². The van der Waals surface area contributed by atoms with Gasteiger partial charge in [-0.15, -0.1) is 5.10 Å². The molecule has 2 aromatic rings. The number of aryl methyl sites for hydroxylation is 2. The van der Waals surface area contributed by atoms with Gasteiger partial charge in [0.25, 0.3) is 11.8 Å². The number of nitrogens with zero attached hydrogens (tertiary/aromatic N) is 5. The van der Waals surface area contributed by atoms with Gasteiger partial charge in [-0.05, 0) is 49.9 Å². The number of amides is 2. The van der Waals surface area contributed by atoms with Gasteiger partial charge in [-0.1, -0.05) is 11.3 Å². The van der Waals surface area contributed by atoms with E-state index in [1.807, 2.05) is 26.0 Å². The van der Waals surface area contributed by atoms with Gasteiger partial charge in [0, 0.05) is 25.1 Å². The van der Waals surface area contributed by atoms with Crippen LogP contribution >= 0.6 is 0 Å². The first kappa shape index (κ1) is 19.5. The van der Waals surface area contributed by atoms with Gasteiger partial charge < -0.3 is 9.80 Å². The van der Waals surface area contributed by atoms with Crippen molar-refractivity contribution < 1.29 is 14.0 Å². The van der Waals surface area contributed by atoms with Gasteiger partial charge in [0.2, 0.25) is 0 Å². The average Bonchev–Trinajstić information content (AvgIpc) is 3.44. The van der Waals surface area contributed by atoms with Crippen LogP contribution in [0, 0.1) is 13.8 Å². The summed E-state index contributed by atoms with van der Waals surface area (Å²) in [5.41, 5.74) is 3.01. The zero-order chi connectivity index (χ0) is 20.5. The van der Waals surface area contributed by atoms with Crippen molar-refractivity contribution in [1.29, 1.82) is 0 Å². The summed E-state index contributed by atoms with van der Waals surface area (Å²) in [6.45, 7) is 5.83. The van der Waals surface area contributed by atoms with E-state index >= 15 is 0 Å². The van der Waals surface area contributed by atoms with Gasteiger partial charge in [-0.3, -0.25) is 9.59 Å². The van der Waals surface area contributed by atoms with Crippen LogP contribution in [-0.2, 0) is 6.54 Å². The van der Waals surface area contributed by atoms with Gasteiger partial charge >= 0.3 is 0 Å². The Morgan fingerprint density at radius 2 is 1.90 bits per heavy atom. The molecule has 7 nitrogen and oxygen atoms in total. The van der Waals surface area contributed by atoms with E-state index in [-0.39, 0.29) is 30.8 Å². The largest absolute Gasteiger partial charge is 0.337 e. The number of carbonyl (C=O) groups excluding carboxylic acids is 2. The molecule has 0 N–H and O–H groups in total. The van der Waals surface area contributed by atoms with Crippen molar-refractivity contribution in [3.63, 3.8) is 0 Å². The smallest absolute Gasteiger partial charge is 0.276 e. The fourth-order valence-corrected chi connectivity index (χ4v) is 4.11. The molecule has 4 rings (SSSR count). The summed E-state index contributed by atoms with van der Waals surface area (Å²) >= 11 is 0. The van der Waals surface area contributed by atoms with Gasteiger partial charge in [-0.2, -0.15) is 0 Å². The van der Waals surface area contributed by atoms with Gasteiger partial charge in [0.1, 0.15) is 6.17 Å². The predicted molar refractivity (Wildman–Crippen MR) is 105 cm³/mol. The maximum absolute atomic E-state index is 14.2. The lowest BCUT2D eigenvalue weighted by Crippen LogP contribution is -2.38. The molecule has 2 atom stereocenters. The summed E-state index contributed by atoms with van der Waals surface area (Å²) in [4.78, 5) is 28.8.